The van der Waals surface area contributed by atoms with E-state index in [-0.39, 0.29) is 23.5 Å². The van der Waals surface area contributed by atoms with E-state index < -0.39 is 29.4 Å². The zero-order valence-electron chi connectivity index (χ0n) is 25.9. The molecule has 0 radical (unpaired) electrons. The first kappa shape index (κ1) is 34.7. The van der Waals surface area contributed by atoms with Crippen molar-refractivity contribution in [1.29, 1.82) is 0 Å². The molecule has 6 rings (SSSR count). The Morgan fingerprint density at radius 2 is 1.75 bits per heavy atom. The zero-order chi connectivity index (χ0) is 34.9. The first-order valence-electron chi connectivity index (χ1n) is 15.0. The van der Waals surface area contributed by atoms with Gasteiger partial charge in [-0.25, -0.2) is 19.7 Å². The van der Waals surface area contributed by atoms with E-state index in [0.717, 1.165) is 5.56 Å². The van der Waals surface area contributed by atoms with Gasteiger partial charge in [0, 0.05) is 50.4 Å². The normalized spacial score (nSPS) is 17.6. The van der Waals surface area contributed by atoms with Crippen molar-refractivity contribution >= 4 is 17.6 Å². The van der Waals surface area contributed by atoms with Crippen molar-refractivity contribution in [3.05, 3.63) is 59.5 Å². The highest BCUT2D eigenvalue weighted by atomic mass is 19.4. The van der Waals surface area contributed by atoms with E-state index >= 15 is 0 Å². The molecule has 3 aromatic rings. The smallest absolute Gasteiger partial charge is 0.481 e. The van der Waals surface area contributed by atoms with Crippen molar-refractivity contribution in [2.24, 2.45) is 0 Å². The number of pyridine rings is 3. The zero-order valence-corrected chi connectivity index (χ0v) is 25.9. The highest BCUT2D eigenvalue weighted by Gasteiger charge is 2.49. The summed E-state index contributed by atoms with van der Waals surface area (Å²) in [7, 11) is 1.30. The fourth-order valence-corrected chi connectivity index (χ4v) is 6.06. The van der Waals surface area contributed by atoms with Crippen LogP contribution >= 0.6 is 0 Å². The Morgan fingerprint density at radius 3 is 2.31 bits per heavy atom. The number of carbonyl (C=O) groups is 2. The van der Waals surface area contributed by atoms with Crippen molar-refractivity contribution in [2.75, 3.05) is 51.3 Å². The number of methoxy groups -OCH3 is 1. The van der Waals surface area contributed by atoms with Gasteiger partial charge in [-0.05, 0) is 49.6 Å². The molecule has 0 unspecified atom stereocenters. The standard InChI is InChI=1S/C29H31F3N6O3.C2HF3O2/c1-3-41-26-19(5-4-12-34-26)21-7-6-20-24(35-21)27(39)38(18-15-33-16-18)17-28(20)10-13-37(14-11-28)22-8-9-23(40-2)36-25(22)29(30,31)32;3-2(4,5)1(6)7/h4-9,12,18,33H,3,10-11,13-17H2,1-2H3;(H,6,7). The molecule has 0 bridgehead atoms. The van der Waals surface area contributed by atoms with E-state index in [2.05, 4.69) is 15.3 Å². The molecule has 2 N–H and O–H groups in total. The minimum absolute atomic E-state index is 0.0359. The Hall–Kier alpha value is -4.67. The topological polar surface area (TPSA) is 130 Å². The van der Waals surface area contributed by atoms with Crippen LogP contribution in [0.15, 0.2) is 42.6 Å². The summed E-state index contributed by atoms with van der Waals surface area (Å²) < 4.78 is 84.2. The molecular formula is C31H32F6N6O5. The number of aliphatic carboxylic acids is 1. The molecule has 2 fully saturated rings. The Bertz CT molecular complexity index is 1660. The maximum Gasteiger partial charge on any atom is 0.490 e. The van der Waals surface area contributed by atoms with Gasteiger partial charge >= 0.3 is 18.3 Å². The number of carbonyl (C=O) groups excluding carboxylic acids is 1. The lowest BCUT2D eigenvalue weighted by atomic mass is 9.69. The maximum atomic E-state index is 13.9. The highest BCUT2D eigenvalue weighted by Crippen LogP contribution is 2.45. The lowest BCUT2D eigenvalue weighted by molar-refractivity contribution is -0.192. The Balaban J connectivity index is 0.000000582. The predicted molar refractivity (Wildman–Crippen MR) is 159 cm³/mol. The molecule has 17 heteroatoms. The van der Waals surface area contributed by atoms with Gasteiger partial charge in [-0.3, -0.25) is 4.79 Å². The van der Waals surface area contributed by atoms with Crippen LogP contribution in [0.4, 0.5) is 32.0 Å². The molecule has 0 aliphatic carbocycles. The van der Waals surface area contributed by atoms with Crippen LogP contribution < -0.4 is 19.7 Å². The number of aromatic nitrogens is 3. The number of fused-ring (bicyclic) bond motifs is 2. The molecule has 258 valence electrons. The number of nitrogens with zero attached hydrogens (tertiary/aromatic N) is 5. The van der Waals surface area contributed by atoms with Crippen LogP contribution in [0, 0.1) is 0 Å². The van der Waals surface area contributed by atoms with Crippen molar-refractivity contribution < 1.29 is 50.5 Å². The third-order valence-electron chi connectivity index (χ3n) is 8.56. The number of nitrogens with one attached hydrogen (secondary N) is 1. The van der Waals surface area contributed by atoms with Crippen LogP contribution in [0.3, 0.4) is 0 Å². The van der Waals surface area contributed by atoms with E-state index in [9.17, 15) is 31.1 Å². The van der Waals surface area contributed by atoms with Gasteiger partial charge in [0.15, 0.2) is 5.69 Å². The van der Waals surface area contributed by atoms with E-state index in [1.807, 2.05) is 30.0 Å². The first-order chi connectivity index (χ1) is 22.7. The average Bonchev–Trinajstić information content (AvgIpc) is 3.02. The maximum absolute atomic E-state index is 13.9. The molecule has 1 spiro atoms. The molecule has 6 heterocycles. The summed E-state index contributed by atoms with van der Waals surface area (Å²) in [5.41, 5.74) is 1.17. The molecule has 11 nitrogen and oxygen atoms in total. The van der Waals surface area contributed by atoms with Crippen LogP contribution in [0.2, 0.25) is 0 Å². The largest absolute Gasteiger partial charge is 0.490 e. The monoisotopic (exact) mass is 682 g/mol. The lowest BCUT2D eigenvalue weighted by Gasteiger charge is -2.51. The molecule has 0 aromatic carbocycles. The third kappa shape index (κ3) is 6.95. The molecule has 0 atom stereocenters. The Kier molecular flexibility index (Phi) is 9.71. The number of ether oxygens (including phenoxy) is 2. The number of halogens is 6. The molecule has 3 aliphatic heterocycles. The van der Waals surface area contributed by atoms with Gasteiger partial charge in [-0.15, -0.1) is 0 Å². The van der Waals surface area contributed by atoms with Gasteiger partial charge in [0.2, 0.25) is 11.8 Å². The molecule has 0 saturated carbocycles. The van der Waals surface area contributed by atoms with Gasteiger partial charge in [0.1, 0.15) is 5.69 Å². The van der Waals surface area contributed by atoms with E-state index in [4.69, 9.17) is 24.4 Å². The van der Waals surface area contributed by atoms with Crippen molar-refractivity contribution in [3.8, 4) is 23.0 Å². The summed E-state index contributed by atoms with van der Waals surface area (Å²) in [5.74, 6) is -2.51. The van der Waals surface area contributed by atoms with Crippen molar-refractivity contribution in [1.82, 2.24) is 25.2 Å². The summed E-state index contributed by atoms with van der Waals surface area (Å²) in [6, 6.07) is 10.4. The number of hydrogen-bond acceptors (Lipinski definition) is 9. The second-order valence-electron chi connectivity index (χ2n) is 11.4. The second kappa shape index (κ2) is 13.4. The molecule has 3 aromatic heterocycles. The van der Waals surface area contributed by atoms with Crippen LogP contribution in [0.25, 0.3) is 11.3 Å². The van der Waals surface area contributed by atoms with Crippen molar-refractivity contribution in [2.45, 2.75) is 43.6 Å². The number of amides is 1. The summed E-state index contributed by atoms with van der Waals surface area (Å²) in [6.45, 7) is 4.97. The minimum Gasteiger partial charge on any atom is -0.481 e. The van der Waals surface area contributed by atoms with E-state index in [1.54, 1.807) is 17.2 Å². The van der Waals surface area contributed by atoms with Crippen LogP contribution in [-0.2, 0) is 16.4 Å². The predicted octanol–water partition coefficient (Wildman–Crippen LogP) is 4.56. The number of hydrogen-bond donors (Lipinski definition) is 2. The van der Waals surface area contributed by atoms with Gasteiger partial charge in [0.05, 0.1) is 36.7 Å². The number of rotatable bonds is 6. The van der Waals surface area contributed by atoms with E-state index in [0.29, 0.717) is 75.0 Å². The van der Waals surface area contributed by atoms with Gasteiger partial charge in [0.25, 0.3) is 5.91 Å². The molecule has 3 aliphatic rings. The number of carboxylic acids is 1. The van der Waals surface area contributed by atoms with Crippen LogP contribution in [-0.4, -0.2) is 95.5 Å². The summed E-state index contributed by atoms with van der Waals surface area (Å²) in [5, 5.41) is 10.4. The fourth-order valence-electron chi connectivity index (χ4n) is 6.06. The average molecular weight is 683 g/mol. The summed E-state index contributed by atoms with van der Waals surface area (Å²) in [6.07, 6.45) is -6.94. The van der Waals surface area contributed by atoms with Crippen LogP contribution in [0.5, 0.6) is 11.8 Å². The molecule has 48 heavy (non-hydrogen) atoms. The summed E-state index contributed by atoms with van der Waals surface area (Å²) in [4.78, 5) is 39.3. The molecule has 2 saturated heterocycles. The SMILES string of the molecule is CCOc1ncccc1-c1ccc2c(n1)C(=O)N(C1CNC1)CC21CCN(c2ccc(OC)nc2C(F)(F)F)CC1.O=C(O)C(F)(F)F. The number of alkyl halides is 6. The van der Waals surface area contributed by atoms with Gasteiger partial charge < -0.3 is 29.7 Å². The fraction of sp³-hybridized carbons (Fsp3) is 0.452. The molecule has 1 amide bonds. The third-order valence-corrected chi connectivity index (χ3v) is 8.56. The highest BCUT2D eigenvalue weighted by molar-refractivity contribution is 5.96. The van der Waals surface area contributed by atoms with Crippen molar-refractivity contribution in [3.63, 3.8) is 0 Å². The lowest BCUT2D eigenvalue weighted by Crippen LogP contribution is -2.64. The Labute approximate surface area is 270 Å². The summed E-state index contributed by atoms with van der Waals surface area (Å²) >= 11 is 0. The first-order valence-corrected chi connectivity index (χ1v) is 15.0. The number of piperidine rings is 1. The quantitative estimate of drug-likeness (QED) is 0.357. The van der Waals surface area contributed by atoms with Gasteiger partial charge in [-0.2, -0.15) is 26.3 Å². The number of anilines is 1. The van der Waals surface area contributed by atoms with E-state index in [1.165, 1.54) is 19.2 Å². The minimum atomic E-state index is -5.08. The molecular weight excluding hydrogens is 650 g/mol. The second-order valence-corrected chi connectivity index (χ2v) is 11.4. The number of carboxylic acid groups (broad SMARTS) is 1. The van der Waals surface area contributed by atoms with Gasteiger partial charge in [-0.1, -0.05) is 6.07 Å². The van der Waals surface area contributed by atoms with Crippen LogP contribution in [0.1, 0.15) is 41.5 Å². The Morgan fingerprint density at radius 1 is 1.06 bits per heavy atom.